The number of hydrogen-bond donors (Lipinski definition) is 2. The molecule has 9 heavy (non-hydrogen) atoms. The van der Waals surface area contributed by atoms with Crippen LogP contribution in [0.25, 0.3) is 0 Å². The predicted molar refractivity (Wildman–Crippen MR) is 38.3 cm³/mol. The van der Waals surface area contributed by atoms with Crippen LogP contribution in [0.4, 0.5) is 0 Å². The third-order valence-corrected chi connectivity index (χ3v) is 1.85. The zero-order valence-corrected chi connectivity index (χ0v) is 5.77. The summed E-state index contributed by atoms with van der Waals surface area (Å²) in [7, 11) is 0. The van der Waals surface area contributed by atoms with Crippen LogP contribution < -0.4 is 5.73 Å². The summed E-state index contributed by atoms with van der Waals surface area (Å²) in [6, 6.07) is 1.88. The highest BCUT2D eigenvalue weighted by Crippen LogP contribution is 2.13. The molecule has 1 heterocycles. The fourth-order valence-electron chi connectivity index (χ4n) is 0.601. The Morgan fingerprint density at radius 3 is 3.00 bits per heavy atom. The van der Waals surface area contributed by atoms with Gasteiger partial charge in [-0.2, -0.15) is 11.3 Å². The first kappa shape index (κ1) is 6.74. The van der Waals surface area contributed by atoms with Crippen LogP contribution in [0.1, 0.15) is 11.7 Å². The van der Waals surface area contributed by atoms with Gasteiger partial charge >= 0.3 is 0 Å². The summed E-state index contributed by atoms with van der Waals surface area (Å²) in [5.41, 5.74) is 6.14. The molecule has 1 rings (SSSR count). The number of aliphatic hydroxyl groups excluding tert-OH is 1. The number of aliphatic hydroxyl groups is 1. The van der Waals surface area contributed by atoms with Crippen LogP contribution in [0.5, 0.6) is 0 Å². The molecule has 0 saturated carbocycles. The lowest BCUT2D eigenvalue weighted by Crippen LogP contribution is -2.10. The van der Waals surface area contributed by atoms with E-state index in [2.05, 4.69) is 0 Å². The lowest BCUT2D eigenvalue weighted by molar-refractivity contribution is 0.187. The van der Waals surface area contributed by atoms with Gasteiger partial charge in [-0.1, -0.05) is 0 Å². The van der Waals surface area contributed by atoms with Crippen molar-refractivity contribution in [1.29, 1.82) is 0 Å². The van der Waals surface area contributed by atoms with E-state index in [-0.39, 0.29) is 0 Å². The summed E-state index contributed by atoms with van der Waals surface area (Å²) in [6.07, 6.45) is -0.476. The Morgan fingerprint density at radius 1 is 1.78 bits per heavy atom. The number of nitrogens with two attached hydrogens (primary N) is 1. The molecule has 1 atom stereocenters. The highest BCUT2D eigenvalue weighted by molar-refractivity contribution is 7.07. The second-order valence-corrected chi connectivity index (χ2v) is 2.59. The molecular formula is C6H9NOS. The van der Waals surface area contributed by atoms with Gasteiger partial charge < -0.3 is 10.8 Å². The van der Waals surface area contributed by atoms with Crippen LogP contribution in [0.3, 0.4) is 0 Å². The molecule has 0 amide bonds. The Morgan fingerprint density at radius 2 is 2.56 bits per heavy atom. The molecule has 1 aromatic heterocycles. The van der Waals surface area contributed by atoms with Crippen LogP contribution in [0, 0.1) is 0 Å². The van der Waals surface area contributed by atoms with Gasteiger partial charge in [-0.15, -0.1) is 0 Å². The molecule has 1 aromatic rings. The Balaban J connectivity index is 2.65. The van der Waals surface area contributed by atoms with Crippen molar-refractivity contribution in [2.24, 2.45) is 5.73 Å². The van der Waals surface area contributed by atoms with E-state index in [1.165, 1.54) is 0 Å². The minimum Gasteiger partial charge on any atom is -0.387 e. The molecule has 0 aliphatic heterocycles. The molecule has 0 aromatic carbocycles. The predicted octanol–water partition coefficient (Wildman–Crippen LogP) is 0.740. The maximum absolute atomic E-state index is 9.10. The van der Waals surface area contributed by atoms with Crippen molar-refractivity contribution in [1.82, 2.24) is 0 Å². The molecule has 0 fully saturated rings. The van der Waals surface area contributed by atoms with E-state index < -0.39 is 6.10 Å². The topological polar surface area (TPSA) is 46.2 Å². The van der Waals surface area contributed by atoms with Crippen LogP contribution >= 0.6 is 11.3 Å². The monoisotopic (exact) mass is 143 g/mol. The average molecular weight is 143 g/mol. The third kappa shape index (κ3) is 1.51. The first-order chi connectivity index (χ1) is 4.34. The van der Waals surface area contributed by atoms with E-state index in [0.29, 0.717) is 6.54 Å². The number of rotatable bonds is 2. The quantitative estimate of drug-likeness (QED) is 0.641. The van der Waals surface area contributed by atoms with E-state index in [9.17, 15) is 0 Å². The van der Waals surface area contributed by atoms with Crippen molar-refractivity contribution >= 4 is 11.3 Å². The molecule has 0 unspecified atom stereocenters. The van der Waals surface area contributed by atoms with E-state index in [4.69, 9.17) is 10.8 Å². The normalized spacial score (nSPS) is 13.6. The van der Waals surface area contributed by atoms with Gasteiger partial charge in [0, 0.05) is 6.54 Å². The summed E-state index contributed by atoms with van der Waals surface area (Å²) in [4.78, 5) is 0. The summed E-state index contributed by atoms with van der Waals surface area (Å²) in [5, 5.41) is 12.9. The van der Waals surface area contributed by atoms with Crippen molar-refractivity contribution in [3.63, 3.8) is 0 Å². The third-order valence-electron chi connectivity index (χ3n) is 1.15. The maximum atomic E-state index is 9.10. The van der Waals surface area contributed by atoms with Crippen LogP contribution in [-0.4, -0.2) is 11.7 Å². The smallest absolute Gasteiger partial charge is 0.0920 e. The summed E-state index contributed by atoms with van der Waals surface area (Å²) >= 11 is 1.57. The lowest BCUT2D eigenvalue weighted by Gasteiger charge is -2.01. The summed E-state index contributed by atoms with van der Waals surface area (Å²) in [5.74, 6) is 0. The van der Waals surface area contributed by atoms with Crippen molar-refractivity contribution in [3.8, 4) is 0 Å². The van der Waals surface area contributed by atoms with Gasteiger partial charge in [0.25, 0.3) is 0 Å². The SMILES string of the molecule is NC[C@H](O)c1ccsc1. The first-order valence-corrected chi connectivity index (χ1v) is 3.69. The fourth-order valence-corrected chi connectivity index (χ4v) is 1.31. The Hall–Kier alpha value is -0.380. The lowest BCUT2D eigenvalue weighted by atomic mass is 10.2. The molecular weight excluding hydrogens is 134 g/mol. The Bertz CT molecular complexity index is 162. The maximum Gasteiger partial charge on any atom is 0.0920 e. The Kier molecular flexibility index (Phi) is 2.22. The van der Waals surface area contributed by atoms with Gasteiger partial charge in [0.05, 0.1) is 6.10 Å². The zero-order valence-electron chi connectivity index (χ0n) is 4.95. The van der Waals surface area contributed by atoms with Crippen LogP contribution in [-0.2, 0) is 0 Å². The number of hydrogen-bond acceptors (Lipinski definition) is 3. The fraction of sp³-hybridized carbons (Fsp3) is 0.333. The Labute approximate surface area is 57.9 Å². The highest BCUT2D eigenvalue weighted by atomic mass is 32.1. The average Bonchev–Trinajstić information content (AvgIpc) is 2.37. The molecule has 0 aliphatic rings. The molecule has 0 spiro atoms. The van der Waals surface area contributed by atoms with E-state index >= 15 is 0 Å². The summed E-state index contributed by atoms with van der Waals surface area (Å²) < 4.78 is 0. The molecule has 50 valence electrons. The molecule has 3 N–H and O–H groups in total. The van der Waals surface area contributed by atoms with Crippen LogP contribution in [0.15, 0.2) is 16.8 Å². The van der Waals surface area contributed by atoms with E-state index in [0.717, 1.165) is 5.56 Å². The van der Waals surface area contributed by atoms with Crippen molar-refractivity contribution in [2.45, 2.75) is 6.10 Å². The minimum atomic E-state index is -0.476. The molecule has 0 saturated heterocycles. The van der Waals surface area contributed by atoms with Crippen molar-refractivity contribution in [3.05, 3.63) is 22.4 Å². The second-order valence-electron chi connectivity index (χ2n) is 1.81. The molecule has 0 aliphatic carbocycles. The van der Waals surface area contributed by atoms with Gasteiger partial charge in [-0.25, -0.2) is 0 Å². The van der Waals surface area contributed by atoms with Crippen molar-refractivity contribution in [2.75, 3.05) is 6.54 Å². The second kappa shape index (κ2) is 2.96. The molecule has 0 bridgehead atoms. The van der Waals surface area contributed by atoms with E-state index in [1.54, 1.807) is 11.3 Å². The summed E-state index contributed by atoms with van der Waals surface area (Å²) in [6.45, 7) is 0.302. The number of thiophene rings is 1. The van der Waals surface area contributed by atoms with Gasteiger partial charge in [-0.05, 0) is 22.4 Å². The standard InChI is InChI=1S/C6H9NOS/c7-3-6(8)5-1-2-9-4-5/h1-2,4,6,8H,3,7H2/t6-/m0/s1. The minimum absolute atomic E-state index is 0.302. The molecule has 0 radical (unpaired) electrons. The van der Waals surface area contributed by atoms with Gasteiger partial charge in [-0.3, -0.25) is 0 Å². The van der Waals surface area contributed by atoms with Crippen molar-refractivity contribution < 1.29 is 5.11 Å². The largest absolute Gasteiger partial charge is 0.387 e. The van der Waals surface area contributed by atoms with Gasteiger partial charge in [0.1, 0.15) is 0 Å². The van der Waals surface area contributed by atoms with E-state index in [1.807, 2.05) is 16.8 Å². The first-order valence-electron chi connectivity index (χ1n) is 2.75. The van der Waals surface area contributed by atoms with Crippen LogP contribution in [0.2, 0.25) is 0 Å². The highest BCUT2D eigenvalue weighted by Gasteiger charge is 2.02. The zero-order chi connectivity index (χ0) is 6.69. The molecule has 3 heteroatoms. The van der Waals surface area contributed by atoms with Gasteiger partial charge in [0.15, 0.2) is 0 Å². The molecule has 2 nitrogen and oxygen atoms in total. The van der Waals surface area contributed by atoms with Gasteiger partial charge in [0.2, 0.25) is 0 Å².